The number of ether oxygens (including phenoxy) is 3. The van der Waals surface area contributed by atoms with E-state index < -0.39 is 11.8 Å². The van der Waals surface area contributed by atoms with Crippen molar-refractivity contribution in [3.05, 3.63) is 54.6 Å². The van der Waals surface area contributed by atoms with E-state index in [4.69, 9.17) is 19.0 Å². The number of hydrogen-bond acceptors (Lipinski definition) is 6. The molecule has 0 bridgehead atoms. The number of nitrogens with one attached hydrogen (secondary N) is 1. The fourth-order valence-electron chi connectivity index (χ4n) is 3.29. The zero-order valence-corrected chi connectivity index (χ0v) is 17.1. The fourth-order valence-corrected chi connectivity index (χ4v) is 3.29. The minimum atomic E-state index is -1.28. The Bertz CT molecular complexity index is 842. The molecule has 1 aliphatic rings. The molecule has 0 saturated carbocycles. The number of esters is 1. The Morgan fingerprint density at radius 2 is 1.90 bits per heavy atom. The summed E-state index contributed by atoms with van der Waals surface area (Å²) in [7, 11) is 1.33. The second-order valence-corrected chi connectivity index (χ2v) is 7.41. The zero-order valence-electron chi connectivity index (χ0n) is 17.1. The number of carbonyl (C=O) groups is 1. The molecule has 1 N–H and O–H groups in total. The summed E-state index contributed by atoms with van der Waals surface area (Å²) < 4.78 is 15.8. The molecule has 3 rings (SSSR count). The summed E-state index contributed by atoms with van der Waals surface area (Å²) in [6.07, 6.45) is 2.84. The van der Waals surface area contributed by atoms with E-state index >= 15 is 0 Å². The third-order valence-electron chi connectivity index (χ3n) is 5.15. The molecule has 1 saturated heterocycles. The van der Waals surface area contributed by atoms with E-state index in [1.807, 2.05) is 18.2 Å². The lowest BCUT2D eigenvalue weighted by atomic mass is 10.0. The SMILES string of the molecule is C=C(NOCCCCC1COC(C)(C(=O)OC)OC1)c1ccc2ccccc2c1. The molecule has 1 aliphatic heterocycles. The van der Waals surface area contributed by atoms with Crippen LogP contribution in [0.3, 0.4) is 0 Å². The molecule has 0 amide bonds. The predicted octanol–water partition coefficient (Wildman–Crippen LogP) is 4.05. The molecule has 6 nitrogen and oxygen atoms in total. The van der Waals surface area contributed by atoms with E-state index in [1.165, 1.54) is 17.9 Å². The molecule has 0 aromatic heterocycles. The third-order valence-corrected chi connectivity index (χ3v) is 5.15. The van der Waals surface area contributed by atoms with E-state index in [-0.39, 0.29) is 5.92 Å². The third kappa shape index (κ3) is 5.56. The molecular weight excluding hydrogens is 370 g/mol. The van der Waals surface area contributed by atoms with Gasteiger partial charge in [-0.1, -0.05) is 49.4 Å². The van der Waals surface area contributed by atoms with Gasteiger partial charge in [0, 0.05) is 12.8 Å². The first-order chi connectivity index (χ1) is 14.0. The summed E-state index contributed by atoms with van der Waals surface area (Å²) in [5, 5.41) is 2.38. The van der Waals surface area contributed by atoms with Crippen LogP contribution in [0.15, 0.2) is 49.0 Å². The van der Waals surface area contributed by atoms with Crippen LogP contribution in [0.2, 0.25) is 0 Å². The topological polar surface area (TPSA) is 66.0 Å². The summed E-state index contributed by atoms with van der Waals surface area (Å²) in [5.74, 6) is -1.50. The van der Waals surface area contributed by atoms with Gasteiger partial charge in [0.2, 0.25) is 0 Å². The van der Waals surface area contributed by atoms with Gasteiger partial charge in [0.1, 0.15) is 0 Å². The Morgan fingerprint density at radius 3 is 2.62 bits per heavy atom. The molecule has 2 aromatic carbocycles. The number of fused-ring (bicyclic) bond motifs is 1. The zero-order chi connectivity index (χ0) is 20.7. The summed E-state index contributed by atoms with van der Waals surface area (Å²) >= 11 is 0. The van der Waals surface area contributed by atoms with E-state index in [0.717, 1.165) is 30.5 Å². The number of hydroxylamine groups is 1. The van der Waals surface area contributed by atoms with Crippen molar-refractivity contribution in [1.82, 2.24) is 5.48 Å². The van der Waals surface area contributed by atoms with Crippen LogP contribution in [0.5, 0.6) is 0 Å². The fraction of sp³-hybridized carbons (Fsp3) is 0.435. The molecule has 1 fully saturated rings. The average Bonchev–Trinajstić information content (AvgIpc) is 2.76. The smallest absolute Gasteiger partial charge is 0.366 e. The predicted molar refractivity (Wildman–Crippen MR) is 112 cm³/mol. The Labute approximate surface area is 171 Å². The molecule has 6 heteroatoms. The second-order valence-electron chi connectivity index (χ2n) is 7.41. The molecule has 1 heterocycles. The van der Waals surface area contributed by atoms with E-state index in [1.54, 1.807) is 6.92 Å². The van der Waals surface area contributed by atoms with Crippen LogP contribution in [0.1, 0.15) is 31.7 Å². The monoisotopic (exact) mass is 399 g/mol. The number of carbonyl (C=O) groups excluding carboxylic acids is 1. The van der Waals surface area contributed by atoms with Gasteiger partial charge in [-0.2, -0.15) is 0 Å². The van der Waals surface area contributed by atoms with Gasteiger partial charge in [-0.05, 0) is 35.2 Å². The molecule has 2 aromatic rings. The first-order valence-corrected chi connectivity index (χ1v) is 9.94. The summed E-state index contributed by atoms with van der Waals surface area (Å²) in [5.41, 5.74) is 4.69. The van der Waals surface area contributed by atoms with E-state index in [0.29, 0.717) is 19.8 Å². The molecule has 0 atom stereocenters. The Hall–Kier alpha value is -2.41. The molecule has 0 spiro atoms. The lowest BCUT2D eigenvalue weighted by Gasteiger charge is -2.35. The van der Waals surface area contributed by atoms with Crippen molar-refractivity contribution in [3.8, 4) is 0 Å². The molecule has 0 unspecified atom stereocenters. The van der Waals surface area contributed by atoms with Gasteiger partial charge < -0.3 is 14.2 Å². The first-order valence-electron chi connectivity index (χ1n) is 9.94. The van der Waals surface area contributed by atoms with Crippen LogP contribution in [0.25, 0.3) is 16.5 Å². The molecule has 0 radical (unpaired) electrons. The highest BCUT2D eigenvalue weighted by Crippen LogP contribution is 2.25. The summed E-state index contributed by atoms with van der Waals surface area (Å²) in [6, 6.07) is 14.4. The molecular formula is C23H29NO5. The summed E-state index contributed by atoms with van der Waals surface area (Å²) in [4.78, 5) is 17.2. The lowest BCUT2D eigenvalue weighted by Crippen LogP contribution is -2.48. The standard InChI is InChI=1S/C23H29NO5/c1-17(20-12-11-19-9-4-5-10-21(19)14-20)24-29-13-7-6-8-18-15-27-23(2,28-16-18)22(25)26-3/h4-5,9-12,14,18,24H,1,6-8,13,15-16H2,2-3H3. The molecule has 156 valence electrons. The normalized spacial score (nSPS) is 21.7. The number of unbranched alkanes of at least 4 members (excludes halogenated alkanes) is 1. The van der Waals surface area contributed by atoms with E-state index in [9.17, 15) is 4.79 Å². The van der Waals surface area contributed by atoms with Crippen LogP contribution < -0.4 is 5.48 Å². The number of hydrogen-bond donors (Lipinski definition) is 1. The first kappa shape index (κ1) is 21.3. The Balaban J connectivity index is 1.31. The minimum Gasteiger partial charge on any atom is -0.465 e. The minimum absolute atomic E-state index is 0.272. The number of benzene rings is 2. The highest BCUT2D eigenvalue weighted by Gasteiger charge is 2.41. The van der Waals surface area contributed by atoms with Gasteiger partial charge in [0.25, 0.3) is 5.79 Å². The molecule has 0 aliphatic carbocycles. The maximum Gasteiger partial charge on any atom is 0.366 e. The van der Waals surface area contributed by atoms with Crippen LogP contribution in [0, 0.1) is 5.92 Å². The van der Waals surface area contributed by atoms with Crippen molar-refractivity contribution in [1.29, 1.82) is 0 Å². The van der Waals surface area contributed by atoms with Gasteiger partial charge in [-0.3, -0.25) is 10.3 Å². The van der Waals surface area contributed by atoms with Crippen molar-refractivity contribution in [3.63, 3.8) is 0 Å². The van der Waals surface area contributed by atoms with E-state index in [2.05, 4.69) is 36.3 Å². The van der Waals surface area contributed by atoms with Crippen LogP contribution in [-0.4, -0.2) is 38.7 Å². The number of rotatable bonds is 9. The van der Waals surface area contributed by atoms with Crippen molar-refractivity contribution in [2.45, 2.75) is 32.0 Å². The molecule has 29 heavy (non-hydrogen) atoms. The van der Waals surface area contributed by atoms with Gasteiger partial charge >= 0.3 is 5.97 Å². The van der Waals surface area contributed by atoms with Crippen molar-refractivity contribution < 1.29 is 23.8 Å². The average molecular weight is 399 g/mol. The maximum atomic E-state index is 11.6. The van der Waals surface area contributed by atoms with Crippen LogP contribution in [-0.2, 0) is 23.8 Å². The van der Waals surface area contributed by atoms with Crippen molar-refractivity contribution in [2.75, 3.05) is 26.9 Å². The van der Waals surface area contributed by atoms with Gasteiger partial charge in [-0.25, -0.2) is 4.79 Å². The lowest BCUT2D eigenvalue weighted by molar-refractivity contribution is -0.272. The van der Waals surface area contributed by atoms with Gasteiger partial charge in [-0.15, -0.1) is 0 Å². The van der Waals surface area contributed by atoms with Crippen molar-refractivity contribution >= 4 is 22.4 Å². The van der Waals surface area contributed by atoms with Crippen molar-refractivity contribution in [2.24, 2.45) is 5.92 Å². The summed E-state index contributed by atoms with van der Waals surface area (Å²) in [6.45, 7) is 7.21. The highest BCUT2D eigenvalue weighted by molar-refractivity contribution is 5.85. The van der Waals surface area contributed by atoms with Crippen LogP contribution in [0.4, 0.5) is 0 Å². The Kier molecular flexibility index (Phi) is 7.25. The van der Waals surface area contributed by atoms with Gasteiger partial charge in [0.15, 0.2) is 0 Å². The quantitative estimate of drug-likeness (QED) is 0.390. The highest BCUT2D eigenvalue weighted by atomic mass is 16.7. The second kappa shape index (κ2) is 9.87. The number of methoxy groups -OCH3 is 1. The van der Waals surface area contributed by atoms with Crippen LogP contribution >= 0.6 is 0 Å². The van der Waals surface area contributed by atoms with Gasteiger partial charge in [0.05, 0.1) is 32.6 Å². The largest absolute Gasteiger partial charge is 0.465 e. The maximum absolute atomic E-state index is 11.6. The Morgan fingerprint density at radius 1 is 1.17 bits per heavy atom.